The summed E-state index contributed by atoms with van der Waals surface area (Å²) in [6.07, 6.45) is 5.08. The SMILES string of the molecule is CN[C@H]1CC[C@H]2O[C@H]2C1. The maximum atomic E-state index is 5.37. The van der Waals surface area contributed by atoms with Gasteiger partial charge in [0.2, 0.25) is 0 Å². The lowest BCUT2D eigenvalue weighted by atomic mass is 9.96. The van der Waals surface area contributed by atoms with E-state index in [1.165, 1.54) is 19.3 Å². The van der Waals surface area contributed by atoms with Crippen LogP contribution in [0.1, 0.15) is 19.3 Å². The second kappa shape index (κ2) is 1.96. The molecule has 2 rings (SSSR count). The van der Waals surface area contributed by atoms with Crippen LogP contribution in [0.3, 0.4) is 0 Å². The highest BCUT2D eigenvalue weighted by Gasteiger charge is 2.43. The molecule has 0 spiro atoms. The highest BCUT2D eigenvalue weighted by molar-refractivity contribution is 4.93. The lowest BCUT2D eigenvalue weighted by Gasteiger charge is -2.16. The fraction of sp³-hybridized carbons (Fsp3) is 1.00. The summed E-state index contributed by atoms with van der Waals surface area (Å²) in [6.45, 7) is 0. The van der Waals surface area contributed by atoms with Gasteiger partial charge in [-0.15, -0.1) is 0 Å². The van der Waals surface area contributed by atoms with E-state index in [1.54, 1.807) is 0 Å². The van der Waals surface area contributed by atoms with E-state index in [2.05, 4.69) is 5.32 Å². The fourth-order valence-electron chi connectivity index (χ4n) is 1.67. The monoisotopic (exact) mass is 127 g/mol. The summed E-state index contributed by atoms with van der Waals surface area (Å²) in [5.41, 5.74) is 0. The van der Waals surface area contributed by atoms with Gasteiger partial charge >= 0.3 is 0 Å². The van der Waals surface area contributed by atoms with Crippen LogP contribution in [-0.4, -0.2) is 25.3 Å². The summed E-state index contributed by atoms with van der Waals surface area (Å²) in [5, 5.41) is 3.28. The maximum Gasteiger partial charge on any atom is 0.0856 e. The molecule has 0 aromatic rings. The topological polar surface area (TPSA) is 24.6 Å². The Morgan fingerprint density at radius 3 is 2.89 bits per heavy atom. The molecule has 1 N–H and O–H groups in total. The van der Waals surface area contributed by atoms with Crippen molar-refractivity contribution < 1.29 is 4.74 Å². The van der Waals surface area contributed by atoms with Crippen LogP contribution < -0.4 is 5.32 Å². The molecule has 2 aliphatic rings. The van der Waals surface area contributed by atoms with Crippen molar-refractivity contribution in [1.82, 2.24) is 5.32 Å². The molecule has 0 radical (unpaired) electrons. The predicted molar refractivity (Wildman–Crippen MR) is 35.4 cm³/mol. The van der Waals surface area contributed by atoms with E-state index in [0.717, 1.165) is 6.04 Å². The van der Waals surface area contributed by atoms with Gasteiger partial charge in [0.1, 0.15) is 0 Å². The third-order valence-corrected chi connectivity index (χ3v) is 2.41. The van der Waals surface area contributed by atoms with Gasteiger partial charge in [-0.25, -0.2) is 0 Å². The standard InChI is InChI=1S/C7H13NO/c1-8-5-2-3-6-7(4-5)9-6/h5-8H,2-4H2,1H3/t5-,6+,7-/m0/s1. The van der Waals surface area contributed by atoms with E-state index < -0.39 is 0 Å². The molecule has 9 heavy (non-hydrogen) atoms. The van der Waals surface area contributed by atoms with Gasteiger partial charge in [-0.2, -0.15) is 0 Å². The zero-order chi connectivity index (χ0) is 6.27. The molecule has 0 aromatic carbocycles. The van der Waals surface area contributed by atoms with Gasteiger partial charge in [0.15, 0.2) is 0 Å². The van der Waals surface area contributed by atoms with Crippen LogP contribution >= 0.6 is 0 Å². The second-order valence-electron chi connectivity index (χ2n) is 3.01. The Labute approximate surface area is 55.6 Å². The summed E-state index contributed by atoms with van der Waals surface area (Å²) in [4.78, 5) is 0. The Morgan fingerprint density at radius 1 is 1.33 bits per heavy atom. The van der Waals surface area contributed by atoms with E-state index in [0.29, 0.717) is 12.2 Å². The lowest BCUT2D eigenvalue weighted by Crippen LogP contribution is -2.30. The predicted octanol–water partition coefficient (Wildman–Crippen LogP) is 0.526. The molecule has 0 aromatic heterocycles. The molecule has 0 bridgehead atoms. The van der Waals surface area contributed by atoms with Gasteiger partial charge in [-0.1, -0.05) is 0 Å². The van der Waals surface area contributed by atoms with E-state index in [1.807, 2.05) is 7.05 Å². The van der Waals surface area contributed by atoms with Crippen molar-refractivity contribution in [2.75, 3.05) is 7.05 Å². The number of hydrogen-bond acceptors (Lipinski definition) is 2. The Hall–Kier alpha value is -0.0800. The fourth-order valence-corrected chi connectivity index (χ4v) is 1.67. The first-order chi connectivity index (χ1) is 4.40. The quantitative estimate of drug-likeness (QED) is 0.519. The van der Waals surface area contributed by atoms with E-state index in [-0.39, 0.29) is 0 Å². The summed E-state index contributed by atoms with van der Waals surface area (Å²) in [5.74, 6) is 0. The molecule has 0 unspecified atom stereocenters. The van der Waals surface area contributed by atoms with Gasteiger partial charge in [0, 0.05) is 6.04 Å². The van der Waals surface area contributed by atoms with E-state index in [9.17, 15) is 0 Å². The highest BCUT2D eigenvalue weighted by atomic mass is 16.6. The van der Waals surface area contributed by atoms with Gasteiger partial charge < -0.3 is 10.1 Å². The average molecular weight is 127 g/mol. The molecule has 3 atom stereocenters. The number of rotatable bonds is 1. The van der Waals surface area contributed by atoms with Crippen LogP contribution in [0.5, 0.6) is 0 Å². The van der Waals surface area contributed by atoms with Crippen molar-refractivity contribution in [2.24, 2.45) is 0 Å². The normalized spacial score (nSPS) is 48.3. The van der Waals surface area contributed by atoms with Crippen LogP contribution in [0.15, 0.2) is 0 Å². The third-order valence-electron chi connectivity index (χ3n) is 2.41. The van der Waals surface area contributed by atoms with Crippen LogP contribution in [0.25, 0.3) is 0 Å². The van der Waals surface area contributed by atoms with Crippen molar-refractivity contribution in [1.29, 1.82) is 0 Å². The first-order valence-corrected chi connectivity index (χ1v) is 3.73. The summed E-state index contributed by atoms with van der Waals surface area (Å²) < 4.78 is 5.37. The zero-order valence-corrected chi connectivity index (χ0v) is 5.76. The van der Waals surface area contributed by atoms with Crippen LogP contribution in [0.2, 0.25) is 0 Å². The van der Waals surface area contributed by atoms with Crippen molar-refractivity contribution in [3.63, 3.8) is 0 Å². The Kier molecular flexibility index (Phi) is 1.24. The minimum atomic E-state index is 0.621. The molecule has 1 heterocycles. The largest absolute Gasteiger partial charge is 0.370 e. The van der Waals surface area contributed by atoms with Crippen molar-refractivity contribution in [3.05, 3.63) is 0 Å². The molecule has 2 heteroatoms. The Balaban J connectivity index is 1.86. The van der Waals surface area contributed by atoms with Crippen LogP contribution in [0, 0.1) is 0 Å². The molecule has 2 nitrogen and oxygen atoms in total. The number of epoxide rings is 1. The Bertz CT molecular complexity index is 115. The van der Waals surface area contributed by atoms with Gasteiger partial charge in [-0.05, 0) is 26.3 Å². The van der Waals surface area contributed by atoms with Gasteiger partial charge in [0.25, 0.3) is 0 Å². The smallest absolute Gasteiger partial charge is 0.0856 e. The maximum absolute atomic E-state index is 5.37. The minimum absolute atomic E-state index is 0.621. The first-order valence-electron chi connectivity index (χ1n) is 3.73. The second-order valence-corrected chi connectivity index (χ2v) is 3.01. The number of hydrogen-bond donors (Lipinski definition) is 1. The average Bonchev–Trinajstić information content (AvgIpc) is 2.64. The molecule has 0 amide bonds. The van der Waals surface area contributed by atoms with Gasteiger partial charge in [-0.3, -0.25) is 0 Å². The summed E-state index contributed by atoms with van der Waals surface area (Å²) in [7, 11) is 2.04. The van der Waals surface area contributed by atoms with Crippen molar-refractivity contribution >= 4 is 0 Å². The van der Waals surface area contributed by atoms with Crippen molar-refractivity contribution in [2.45, 2.75) is 37.5 Å². The molecule has 1 saturated heterocycles. The Morgan fingerprint density at radius 2 is 2.22 bits per heavy atom. The number of fused-ring (bicyclic) bond motifs is 1. The molecule has 2 fully saturated rings. The molecule has 1 aliphatic heterocycles. The van der Waals surface area contributed by atoms with Gasteiger partial charge in [0.05, 0.1) is 12.2 Å². The summed E-state index contributed by atoms with van der Waals surface area (Å²) in [6, 6.07) is 0.730. The molecule has 52 valence electrons. The molecular formula is C7H13NO. The number of nitrogens with one attached hydrogen (secondary N) is 1. The van der Waals surface area contributed by atoms with E-state index >= 15 is 0 Å². The molecule has 1 saturated carbocycles. The zero-order valence-electron chi connectivity index (χ0n) is 5.76. The lowest BCUT2D eigenvalue weighted by molar-refractivity contribution is 0.368. The first kappa shape index (κ1) is 5.69. The number of ether oxygens (including phenoxy) is 1. The minimum Gasteiger partial charge on any atom is -0.370 e. The highest BCUT2D eigenvalue weighted by Crippen LogP contribution is 2.36. The van der Waals surface area contributed by atoms with Crippen molar-refractivity contribution in [3.8, 4) is 0 Å². The van der Waals surface area contributed by atoms with E-state index in [4.69, 9.17) is 4.74 Å². The van der Waals surface area contributed by atoms with Crippen LogP contribution in [0.4, 0.5) is 0 Å². The molecular weight excluding hydrogens is 114 g/mol. The summed E-state index contributed by atoms with van der Waals surface area (Å²) >= 11 is 0. The van der Waals surface area contributed by atoms with Crippen LogP contribution in [-0.2, 0) is 4.74 Å². The molecule has 1 aliphatic carbocycles. The third kappa shape index (κ3) is 0.970.